The Hall–Kier alpha value is -2.96. The number of amides is 3. The van der Waals surface area contributed by atoms with Gasteiger partial charge in [0.1, 0.15) is 5.69 Å². The fourth-order valence-electron chi connectivity index (χ4n) is 3.25. The number of aromatic nitrogens is 2. The number of benzene rings is 1. The maximum atomic E-state index is 12.4. The van der Waals surface area contributed by atoms with Crippen LogP contribution in [0.25, 0.3) is 0 Å². The molecule has 7 heteroatoms. The Labute approximate surface area is 159 Å². The van der Waals surface area contributed by atoms with E-state index < -0.39 is 0 Å². The average molecular weight is 367 g/mol. The fourth-order valence-corrected chi connectivity index (χ4v) is 3.25. The first-order chi connectivity index (χ1) is 13.1. The molecule has 0 radical (unpaired) electrons. The predicted octanol–water partition coefficient (Wildman–Crippen LogP) is 2.85. The molecule has 1 aliphatic rings. The van der Waals surface area contributed by atoms with E-state index in [2.05, 4.69) is 20.6 Å². The number of rotatable bonds is 5. The van der Waals surface area contributed by atoms with Crippen molar-refractivity contribution in [3.63, 3.8) is 0 Å². The number of nitrogens with one attached hydrogen (secondary N) is 2. The van der Waals surface area contributed by atoms with E-state index in [1.54, 1.807) is 6.20 Å². The molecule has 1 aliphatic heterocycles. The van der Waals surface area contributed by atoms with Crippen molar-refractivity contribution in [3.05, 3.63) is 54.1 Å². The molecule has 1 saturated heterocycles. The van der Waals surface area contributed by atoms with Crippen molar-refractivity contribution >= 4 is 17.6 Å². The van der Waals surface area contributed by atoms with Gasteiger partial charge in [-0.3, -0.25) is 9.78 Å². The van der Waals surface area contributed by atoms with E-state index in [0.29, 0.717) is 18.2 Å². The third kappa shape index (κ3) is 5.51. The Kier molecular flexibility index (Phi) is 6.35. The third-order valence-electron chi connectivity index (χ3n) is 4.81. The average Bonchev–Trinajstić information content (AvgIpc) is 2.69. The zero-order valence-corrected chi connectivity index (χ0v) is 15.5. The van der Waals surface area contributed by atoms with Crippen molar-refractivity contribution in [1.29, 1.82) is 0 Å². The topological polar surface area (TPSA) is 87.2 Å². The molecule has 0 bridgehead atoms. The maximum Gasteiger partial charge on any atom is 0.321 e. The van der Waals surface area contributed by atoms with Gasteiger partial charge in [-0.05, 0) is 49.8 Å². The summed E-state index contributed by atoms with van der Waals surface area (Å²) in [6, 6.07) is 7.76. The lowest BCUT2D eigenvalue weighted by atomic mass is 9.93. The number of nitrogens with zero attached hydrogens (tertiary/aromatic N) is 3. The van der Waals surface area contributed by atoms with Gasteiger partial charge in [-0.15, -0.1) is 0 Å². The molecule has 2 aromatic rings. The van der Waals surface area contributed by atoms with Crippen LogP contribution in [0.1, 0.15) is 35.3 Å². The minimum absolute atomic E-state index is 0.0463. The van der Waals surface area contributed by atoms with Crippen molar-refractivity contribution in [3.8, 4) is 0 Å². The molecule has 2 heterocycles. The quantitative estimate of drug-likeness (QED) is 0.851. The minimum Gasteiger partial charge on any atom is -0.351 e. The zero-order valence-electron chi connectivity index (χ0n) is 15.5. The van der Waals surface area contributed by atoms with Gasteiger partial charge in [-0.2, -0.15) is 0 Å². The van der Waals surface area contributed by atoms with Gasteiger partial charge in [-0.25, -0.2) is 9.78 Å². The van der Waals surface area contributed by atoms with Gasteiger partial charge < -0.3 is 15.5 Å². The summed E-state index contributed by atoms with van der Waals surface area (Å²) < 4.78 is 0. The summed E-state index contributed by atoms with van der Waals surface area (Å²) in [5, 5.41) is 5.84. The number of carbonyl (C=O) groups is 2. The molecule has 2 N–H and O–H groups in total. The van der Waals surface area contributed by atoms with Gasteiger partial charge >= 0.3 is 6.03 Å². The Balaban J connectivity index is 1.37. The van der Waals surface area contributed by atoms with Crippen LogP contribution in [0.4, 0.5) is 10.5 Å². The van der Waals surface area contributed by atoms with E-state index in [1.807, 2.05) is 36.1 Å². The monoisotopic (exact) mass is 367 g/mol. The van der Waals surface area contributed by atoms with Crippen LogP contribution in [-0.4, -0.2) is 46.4 Å². The van der Waals surface area contributed by atoms with Gasteiger partial charge in [0.05, 0.1) is 6.20 Å². The van der Waals surface area contributed by atoms with E-state index in [9.17, 15) is 9.59 Å². The summed E-state index contributed by atoms with van der Waals surface area (Å²) in [4.78, 5) is 34.1. The number of anilines is 1. The zero-order chi connectivity index (χ0) is 19.1. The van der Waals surface area contributed by atoms with E-state index in [1.165, 1.54) is 12.4 Å². The highest BCUT2D eigenvalue weighted by Crippen LogP contribution is 2.21. The summed E-state index contributed by atoms with van der Waals surface area (Å²) in [6.45, 7) is 4.08. The molecular weight excluding hydrogens is 342 g/mol. The smallest absolute Gasteiger partial charge is 0.321 e. The molecule has 1 fully saturated rings. The standard InChI is InChI=1S/C20H25N5O2/c1-15-3-2-4-17(13-15)24-20(27)25-11-6-16(7-12-25)5-8-23-19(26)18-14-21-9-10-22-18/h2-4,9-10,13-14,16H,5-8,11-12H2,1H3,(H,23,26)(H,24,27). The predicted molar refractivity (Wildman–Crippen MR) is 103 cm³/mol. The van der Waals surface area contributed by atoms with Crippen LogP contribution in [0, 0.1) is 12.8 Å². The van der Waals surface area contributed by atoms with Crippen molar-refractivity contribution in [2.45, 2.75) is 26.2 Å². The molecule has 1 aromatic heterocycles. The molecule has 1 aromatic carbocycles. The van der Waals surface area contributed by atoms with Crippen LogP contribution < -0.4 is 10.6 Å². The molecule has 7 nitrogen and oxygen atoms in total. The minimum atomic E-state index is -0.196. The summed E-state index contributed by atoms with van der Waals surface area (Å²) >= 11 is 0. The maximum absolute atomic E-state index is 12.4. The lowest BCUT2D eigenvalue weighted by Gasteiger charge is -2.32. The van der Waals surface area contributed by atoms with Gasteiger partial charge in [0.15, 0.2) is 0 Å². The van der Waals surface area contributed by atoms with E-state index in [4.69, 9.17) is 0 Å². The molecule has 142 valence electrons. The Morgan fingerprint density at radius 3 is 2.74 bits per heavy atom. The summed E-state index contributed by atoms with van der Waals surface area (Å²) in [5.41, 5.74) is 2.28. The number of likely N-dealkylation sites (tertiary alicyclic amines) is 1. The molecule has 27 heavy (non-hydrogen) atoms. The first-order valence-electron chi connectivity index (χ1n) is 9.28. The molecule has 0 saturated carbocycles. The number of piperidine rings is 1. The van der Waals surface area contributed by atoms with E-state index >= 15 is 0 Å². The molecule has 3 rings (SSSR count). The number of aryl methyl sites for hydroxylation is 1. The lowest BCUT2D eigenvalue weighted by molar-refractivity contribution is 0.0944. The van der Waals surface area contributed by atoms with Crippen LogP contribution in [0.2, 0.25) is 0 Å². The van der Waals surface area contributed by atoms with Gasteiger partial charge in [0, 0.05) is 37.7 Å². The van der Waals surface area contributed by atoms with Crippen molar-refractivity contribution < 1.29 is 9.59 Å². The molecular formula is C20H25N5O2. The fraction of sp³-hybridized carbons (Fsp3) is 0.400. The van der Waals surface area contributed by atoms with E-state index in [0.717, 1.165) is 43.6 Å². The third-order valence-corrected chi connectivity index (χ3v) is 4.81. The Morgan fingerprint density at radius 1 is 1.22 bits per heavy atom. The van der Waals surface area contributed by atoms with E-state index in [-0.39, 0.29) is 11.9 Å². The highest BCUT2D eigenvalue weighted by molar-refractivity contribution is 5.91. The molecule has 3 amide bonds. The molecule has 0 aliphatic carbocycles. The highest BCUT2D eigenvalue weighted by atomic mass is 16.2. The molecule has 0 spiro atoms. The summed E-state index contributed by atoms with van der Waals surface area (Å²) in [5.74, 6) is 0.313. The van der Waals surface area contributed by atoms with Crippen molar-refractivity contribution in [2.24, 2.45) is 5.92 Å². The number of hydrogen-bond donors (Lipinski definition) is 2. The van der Waals surface area contributed by atoms with Gasteiger partial charge in [0.25, 0.3) is 5.91 Å². The Morgan fingerprint density at radius 2 is 2.04 bits per heavy atom. The van der Waals surface area contributed by atoms with Crippen LogP contribution in [-0.2, 0) is 0 Å². The van der Waals surface area contributed by atoms with Gasteiger partial charge in [-0.1, -0.05) is 12.1 Å². The summed E-state index contributed by atoms with van der Waals surface area (Å²) in [6.07, 6.45) is 7.30. The second-order valence-corrected chi connectivity index (χ2v) is 6.87. The highest BCUT2D eigenvalue weighted by Gasteiger charge is 2.22. The second-order valence-electron chi connectivity index (χ2n) is 6.87. The second kappa shape index (κ2) is 9.12. The van der Waals surface area contributed by atoms with Crippen LogP contribution in [0.5, 0.6) is 0 Å². The summed E-state index contributed by atoms with van der Waals surface area (Å²) in [7, 11) is 0. The number of carbonyl (C=O) groups excluding carboxylic acids is 2. The SMILES string of the molecule is Cc1cccc(NC(=O)N2CCC(CCNC(=O)c3cnccn3)CC2)c1. The van der Waals surface area contributed by atoms with Crippen LogP contribution in [0.3, 0.4) is 0 Å². The van der Waals surface area contributed by atoms with Crippen LogP contribution >= 0.6 is 0 Å². The molecule has 0 unspecified atom stereocenters. The number of hydrogen-bond acceptors (Lipinski definition) is 4. The lowest BCUT2D eigenvalue weighted by Crippen LogP contribution is -2.41. The largest absolute Gasteiger partial charge is 0.351 e. The first-order valence-corrected chi connectivity index (χ1v) is 9.28. The normalized spacial score (nSPS) is 14.6. The first kappa shape index (κ1) is 18.8. The van der Waals surface area contributed by atoms with Crippen molar-refractivity contribution in [2.75, 3.05) is 25.0 Å². The van der Waals surface area contributed by atoms with Gasteiger partial charge in [0.2, 0.25) is 0 Å². The van der Waals surface area contributed by atoms with Crippen molar-refractivity contribution in [1.82, 2.24) is 20.2 Å². The van der Waals surface area contributed by atoms with Crippen LogP contribution in [0.15, 0.2) is 42.9 Å². The molecule has 0 atom stereocenters. The number of urea groups is 1. The Bertz CT molecular complexity index is 773.